The maximum absolute atomic E-state index is 10.1. The van der Waals surface area contributed by atoms with Crippen molar-refractivity contribution in [2.75, 3.05) is 6.54 Å². The number of hydrogen-bond donors (Lipinski definition) is 3. The van der Waals surface area contributed by atoms with E-state index in [9.17, 15) is 4.79 Å². The largest absolute Gasteiger partial charge is 1.00 e. The molecular formula is C6H14K3N2O6P. The van der Waals surface area contributed by atoms with E-state index in [-0.39, 0.29) is 154 Å². The Morgan fingerprint density at radius 1 is 1.17 bits per heavy atom. The Kier molecular flexibility index (Phi) is 40.3. The van der Waals surface area contributed by atoms with Crippen LogP contribution in [0.2, 0.25) is 0 Å². The summed E-state index contributed by atoms with van der Waals surface area (Å²) in [6.45, 7) is 0.604. The van der Waals surface area contributed by atoms with E-state index >= 15 is 0 Å². The summed E-state index contributed by atoms with van der Waals surface area (Å²) in [5, 5.41) is 8.33. The number of carboxylic acids is 1. The van der Waals surface area contributed by atoms with Crippen LogP contribution in [0.15, 0.2) is 0 Å². The van der Waals surface area contributed by atoms with Gasteiger partial charge in [-0.05, 0) is 19.4 Å². The average molecular weight is 358 g/mol. The third kappa shape index (κ3) is 42.8. The second-order valence-corrected chi connectivity index (χ2v) is 3.57. The van der Waals surface area contributed by atoms with Gasteiger partial charge in [-0.3, -0.25) is 4.79 Å². The van der Waals surface area contributed by atoms with E-state index in [2.05, 4.69) is 0 Å². The Hall–Kier alpha value is 4.41. The second kappa shape index (κ2) is 21.4. The molecule has 0 unspecified atom stereocenters. The average Bonchev–Trinajstić information content (AvgIpc) is 2.01. The van der Waals surface area contributed by atoms with Gasteiger partial charge < -0.3 is 35.8 Å². The van der Waals surface area contributed by atoms with Crippen molar-refractivity contribution in [3.63, 3.8) is 0 Å². The summed E-state index contributed by atoms with van der Waals surface area (Å²) in [7, 11) is -5.39. The van der Waals surface area contributed by atoms with E-state index in [0.717, 1.165) is 12.8 Å². The van der Waals surface area contributed by atoms with Crippen LogP contribution >= 0.6 is 7.82 Å². The van der Waals surface area contributed by atoms with Crippen molar-refractivity contribution < 1.29 is 183 Å². The fourth-order valence-corrected chi connectivity index (χ4v) is 0.632. The minimum absolute atomic E-state index is 0. The van der Waals surface area contributed by atoms with Crippen molar-refractivity contribution in [3.05, 3.63) is 0 Å². The van der Waals surface area contributed by atoms with Gasteiger partial charge in [0.15, 0.2) is 0 Å². The third-order valence-corrected chi connectivity index (χ3v) is 1.29. The quantitative estimate of drug-likeness (QED) is 0.246. The summed E-state index contributed by atoms with van der Waals surface area (Å²) in [6.07, 6.45) is 2.16. The Bertz CT molecular complexity index is 221. The Balaban J connectivity index is -0.0000000621. The van der Waals surface area contributed by atoms with Crippen molar-refractivity contribution in [1.82, 2.24) is 0 Å². The molecule has 18 heavy (non-hydrogen) atoms. The molecule has 0 amide bonds. The summed E-state index contributed by atoms with van der Waals surface area (Å²) in [5.74, 6) is -0.933. The maximum atomic E-state index is 10.1. The van der Waals surface area contributed by atoms with Crippen LogP contribution in [-0.4, -0.2) is 23.7 Å². The van der Waals surface area contributed by atoms with Crippen molar-refractivity contribution in [1.29, 1.82) is 0 Å². The van der Waals surface area contributed by atoms with Crippen molar-refractivity contribution >= 4 is 13.8 Å². The minimum Gasteiger partial charge on any atom is -0.822 e. The normalized spacial score (nSPS) is 10.5. The van der Waals surface area contributed by atoms with Crippen LogP contribution in [0.1, 0.15) is 19.3 Å². The monoisotopic (exact) mass is 358 g/mol. The number of nitrogens with two attached hydrogens (primary N) is 2. The van der Waals surface area contributed by atoms with E-state index in [4.69, 9.17) is 35.8 Å². The molecule has 0 aromatic heterocycles. The summed E-state index contributed by atoms with van der Waals surface area (Å²) in [6, 6.07) is -0.716. The zero-order valence-electron chi connectivity index (χ0n) is 11.0. The molecule has 0 aliphatic rings. The molecule has 0 spiro atoms. The number of phosphoric acid groups is 1. The van der Waals surface area contributed by atoms with Crippen molar-refractivity contribution in [3.8, 4) is 0 Å². The summed E-state index contributed by atoms with van der Waals surface area (Å²) < 4.78 is 8.55. The van der Waals surface area contributed by atoms with Gasteiger partial charge in [-0.15, -0.1) is 0 Å². The molecule has 0 saturated heterocycles. The molecule has 0 saturated carbocycles. The van der Waals surface area contributed by atoms with Gasteiger partial charge in [-0.2, -0.15) is 7.82 Å². The van der Waals surface area contributed by atoms with E-state index in [1.165, 1.54) is 0 Å². The van der Waals surface area contributed by atoms with Crippen LogP contribution in [-0.2, 0) is 9.36 Å². The predicted octanol–water partition coefficient (Wildman–Crippen LogP) is -12.3. The second-order valence-electron chi connectivity index (χ2n) is 2.68. The first-order chi connectivity index (χ1) is 6.68. The molecule has 0 rings (SSSR count). The van der Waals surface area contributed by atoms with Gasteiger partial charge in [-0.1, -0.05) is 6.42 Å². The molecule has 0 aliphatic carbocycles. The Labute approximate surface area is 234 Å². The van der Waals surface area contributed by atoms with Gasteiger partial charge in [0.25, 0.3) is 0 Å². The minimum atomic E-state index is -5.39. The molecule has 0 aromatic carbocycles. The summed E-state index contributed by atoms with van der Waals surface area (Å²) in [5.41, 5.74) is 10.4. The molecular weight excluding hydrogens is 344 g/mol. The zero-order chi connectivity index (χ0) is 12.5. The first-order valence-corrected chi connectivity index (χ1v) is 5.56. The number of carboxylic acid groups (broad SMARTS) is 1. The molecule has 0 heterocycles. The van der Waals surface area contributed by atoms with E-state index in [0.29, 0.717) is 13.0 Å². The van der Waals surface area contributed by atoms with Gasteiger partial charge in [0.2, 0.25) is 0 Å². The molecule has 1 atom stereocenters. The van der Waals surface area contributed by atoms with Crippen molar-refractivity contribution in [2.24, 2.45) is 11.5 Å². The van der Waals surface area contributed by atoms with Crippen LogP contribution in [0.25, 0.3) is 0 Å². The maximum Gasteiger partial charge on any atom is 1.00 e. The Morgan fingerprint density at radius 2 is 1.50 bits per heavy atom. The van der Waals surface area contributed by atoms with Gasteiger partial charge in [-0.25, -0.2) is 0 Å². The van der Waals surface area contributed by atoms with E-state index < -0.39 is 19.8 Å². The third-order valence-electron chi connectivity index (χ3n) is 1.29. The van der Waals surface area contributed by atoms with Gasteiger partial charge in [0, 0.05) is 0 Å². The van der Waals surface area contributed by atoms with Gasteiger partial charge in [0.05, 0.1) is 0 Å². The summed E-state index contributed by atoms with van der Waals surface area (Å²) >= 11 is 0. The first kappa shape index (κ1) is 33.9. The number of hydrogen-bond acceptors (Lipinski definition) is 7. The fourth-order valence-electron chi connectivity index (χ4n) is 0.632. The number of carbonyl (C=O) groups is 1. The fraction of sp³-hybridized carbons (Fsp3) is 0.833. The van der Waals surface area contributed by atoms with E-state index in [1.54, 1.807) is 0 Å². The predicted molar refractivity (Wildman–Crippen MR) is 46.1 cm³/mol. The molecule has 92 valence electrons. The van der Waals surface area contributed by atoms with Crippen LogP contribution in [0.5, 0.6) is 0 Å². The smallest absolute Gasteiger partial charge is 0.822 e. The van der Waals surface area contributed by atoms with Crippen LogP contribution in [0.3, 0.4) is 0 Å². The number of rotatable bonds is 5. The molecule has 0 fully saturated rings. The van der Waals surface area contributed by atoms with Gasteiger partial charge in [0.1, 0.15) is 6.04 Å². The Morgan fingerprint density at radius 3 is 1.72 bits per heavy atom. The van der Waals surface area contributed by atoms with Crippen LogP contribution in [0, 0.1) is 0 Å². The number of unbranched alkanes of at least 4 members (excludes halogenated alkanes) is 1. The van der Waals surface area contributed by atoms with E-state index in [1.807, 2.05) is 0 Å². The van der Waals surface area contributed by atoms with Crippen molar-refractivity contribution in [2.45, 2.75) is 25.3 Å². The SMILES string of the molecule is NCCCC[C@H](N)C(=O)O.O=P([O-])([O-])[O-].[K+].[K+].[K+]. The first-order valence-electron chi connectivity index (χ1n) is 4.10. The molecule has 0 radical (unpaired) electrons. The molecule has 5 N–H and O–H groups in total. The molecule has 12 heteroatoms. The summed E-state index contributed by atoms with van der Waals surface area (Å²) in [4.78, 5) is 35.8. The number of aliphatic carboxylic acids is 1. The molecule has 0 aliphatic heterocycles. The van der Waals surface area contributed by atoms with Crippen LogP contribution < -0.4 is 180 Å². The standard InChI is InChI=1S/C6H14N2O2.3K.H3O4P/c7-4-2-1-3-5(8)6(9)10;;;;1-5(2,3)4/h5H,1-4,7-8H2,(H,9,10);;;;(H3,1,2,3,4)/q;3*+1;/p-3/t5-;;;;/m0..../s1. The topological polar surface area (TPSA) is 176 Å². The molecule has 0 bridgehead atoms. The van der Waals surface area contributed by atoms with Crippen LogP contribution in [0.4, 0.5) is 0 Å². The van der Waals surface area contributed by atoms with Gasteiger partial charge >= 0.3 is 160 Å². The molecule has 8 nitrogen and oxygen atoms in total. The zero-order valence-corrected chi connectivity index (χ0v) is 21.3. The molecule has 0 aromatic rings.